The van der Waals surface area contributed by atoms with Crippen molar-refractivity contribution in [1.82, 2.24) is 9.88 Å². The van der Waals surface area contributed by atoms with E-state index in [1.807, 2.05) is 80.6 Å². The maximum atomic E-state index is 5.93. The van der Waals surface area contributed by atoms with Crippen molar-refractivity contribution in [2.45, 2.75) is 6.92 Å². The highest BCUT2D eigenvalue weighted by Gasteiger charge is 2.14. The van der Waals surface area contributed by atoms with Crippen molar-refractivity contribution in [2.24, 2.45) is 0 Å². The molecule has 1 heterocycles. The second-order valence-electron chi connectivity index (χ2n) is 5.36. The second-order valence-corrected chi connectivity index (χ2v) is 5.36. The van der Waals surface area contributed by atoms with E-state index >= 15 is 0 Å². The standard InChI is InChI=1S/C18H18N2O2/c1-13-9-10-15-16(11-13)22-18(19-15)17(12-20(2)3)21-14-7-5-4-6-8-14/h4-12H,1-3H3/b17-12-. The molecule has 3 rings (SSSR count). The summed E-state index contributed by atoms with van der Waals surface area (Å²) in [6, 6.07) is 15.5. The van der Waals surface area contributed by atoms with E-state index in [4.69, 9.17) is 9.15 Å². The SMILES string of the molecule is Cc1ccc2nc(/C(=C/N(C)C)Oc3ccccc3)oc2c1. The largest absolute Gasteiger partial charge is 0.450 e. The van der Waals surface area contributed by atoms with Gasteiger partial charge in [0.2, 0.25) is 5.76 Å². The highest BCUT2D eigenvalue weighted by Crippen LogP contribution is 2.25. The first kappa shape index (κ1) is 14.2. The molecule has 0 bridgehead atoms. The molecule has 0 atom stereocenters. The Balaban J connectivity index is 2.00. The summed E-state index contributed by atoms with van der Waals surface area (Å²) in [5.41, 5.74) is 2.72. The smallest absolute Gasteiger partial charge is 0.265 e. The quantitative estimate of drug-likeness (QED) is 0.680. The van der Waals surface area contributed by atoms with Crippen molar-refractivity contribution >= 4 is 16.9 Å². The van der Waals surface area contributed by atoms with Crippen LogP contribution in [0.1, 0.15) is 11.5 Å². The number of para-hydroxylation sites is 1. The molecule has 4 nitrogen and oxygen atoms in total. The fourth-order valence-electron chi connectivity index (χ4n) is 2.11. The lowest BCUT2D eigenvalue weighted by Gasteiger charge is -2.10. The highest BCUT2D eigenvalue weighted by molar-refractivity contribution is 5.75. The fraction of sp³-hybridized carbons (Fsp3) is 0.167. The molecule has 0 saturated heterocycles. The summed E-state index contributed by atoms with van der Waals surface area (Å²) < 4.78 is 11.8. The number of fused-ring (bicyclic) bond motifs is 1. The molecule has 1 aromatic heterocycles. The van der Waals surface area contributed by atoms with Gasteiger partial charge >= 0.3 is 0 Å². The van der Waals surface area contributed by atoms with Crippen molar-refractivity contribution in [1.29, 1.82) is 0 Å². The van der Waals surface area contributed by atoms with Crippen molar-refractivity contribution in [2.75, 3.05) is 14.1 Å². The van der Waals surface area contributed by atoms with Gasteiger partial charge in [-0.15, -0.1) is 0 Å². The van der Waals surface area contributed by atoms with Crippen LogP contribution in [-0.2, 0) is 0 Å². The number of aryl methyl sites for hydroxylation is 1. The van der Waals surface area contributed by atoms with Gasteiger partial charge in [0.25, 0.3) is 5.89 Å². The lowest BCUT2D eigenvalue weighted by atomic mass is 10.2. The van der Waals surface area contributed by atoms with E-state index < -0.39 is 0 Å². The molecule has 0 aliphatic carbocycles. The van der Waals surface area contributed by atoms with E-state index in [0.717, 1.165) is 22.4 Å². The number of oxazole rings is 1. The number of ether oxygens (including phenoxy) is 1. The molecule has 0 unspecified atom stereocenters. The van der Waals surface area contributed by atoms with Crippen LogP contribution in [0.15, 0.2) is 59.1 Å². The first-order valence-corrected chi connectivity index (χ1v) is 7.10. The summed E-state index contributed by atoms with van der Waals surface area (Å²) in [6.07, 6.45) is 1.85. The predicted octanol–water partition coefficient (Wildman–Crippen LogP) is 4.08. The Morgan fingerprint density at radius 1 is 1.14 bits per heavy atom. The van der Waals surface area contributed by atoms with Gasteiger partial charge in [-0.1, -0.05) is 24.3 Å². The maximum absolute atomic E-state index is 5.93. The summed E-state index contributed by atoms with van der Waals surface area (Å²) >= 11 is 0. The molecule has 4 heteroatoms. The summed E-state index contributed by atoms with van der Waals surface area (Å²) in [5, 5.41) is 0. The average molecular weight is 294 g/mol. The molecule has 2 aromatic carbocycles. The minimum absolute atomic E-state index is 0.471. The molecule has 0 aliphatic rings. The zero-order valence-corrected chi connectivity index (χ0v) is 12.9. The second kappa shape index (κ2) is 5.93. The molecule has 0 amide bonds. The van der Waals surface area contributed by atoms with Crippen LogP contribution in [0.3, 0.4) is 0 Å². The predicted molar refractivity (Wildman–Crippen MR) is 87.5 cm³/mol. The van der Waals surface area contributed by atoms with Crippen LogP contribution in [-0.4, -0.2) is 24.0 Å². The molecule has 0 spiro atoms. The number of hydrogen-bond donors (Lipinski definition) is 0. The molecule has 0 N–H and O–H groups in total. The topological polar surface area (TPSA) is 38.5 Å². The Morgan fingerprint density at radius 2 is 1.91 bits per heavy atom. The summed E-state index contributed by atoms with van der Waals surface area (Å²) in [5.74, 6) is 1.79. The first-order chi connectivity index (χ1) is 10.6. The Morgan fingerprint density at radius 3 is 2.64 bits per heavy atom. The molecule has 0 aliphatic heterocycles. The Kier molecular flexibility index (Phi) is 3.83. The lowest BCUT2D eigenvalue weighted by Crippen LogP contribution is -2.06. The van der Waals surface area contributed by atoms with Gasteiger partial charge in [-0.2, -0.15) is 0 Å². The molecule has 0 fully saturated rings. The molecule has 112 valence electrons. The zero-order chi connectivity index (χ0) is 15.5. The van der Waals surface area contributed by atoms with Gasteiger partial charge in [-0.25, -0.2) is 4.98 Å². The molecule has 3 aromatic rings. The third-order valence-electron chi connectivity index (χ3n) is 3.10. The fourth-order valence-corrected chi connectivity index (χ4v) is 2.11. The Labute approximate surface area is 129 Å². The van der Waals surface area contributed by atoms with Gasteiger partial charge in [0.05, 0.1) is 0 Å². The van der Waals surface area contributed by atoms with Gasteiger partial charge in [0.1, 0.15) is 11.3 Å². The lowest BCUT2D eigenvalue weighted by molar-refractivity contribution is 0.450. The van der Waals surface area contributed by atoms with E-state index in [1.165, 1.54) is 0 Å². The van der Waals surface area contributed by atoms with Crippen molar-refractivity contribution in [3.8, 4) is 5.75 Å². The highest BCUT2D eigenvalue weighted by atomic mass is 16.5. The van der Waals surface area contributed by atoms with Crippen LogP contribution < -0.4 is 4.74 Å². The molecule has 0 saturated carbocycles. The Hall–Kier alpha value is -2.75. The average Bonchev–Trinajstić information content (AvgIpc) is 2.90. The third-order valence-corrected chi connectivity index (χ3v) is 3.10. The van der Waals surface area contributed by atoms with Crippen LogP contribution in [0, 0.1) is 6.92 Å². The number of aromatic nitrogens is 1. The van der Waals surface area contributed by atoms with Gasteiger partial charge in [0, 0.05) is 20.3 Å². The van der Waals surface area contributed by atoms with Crippen LogP contribution in [0.4, 0.5) is 0 Å². The van der Waals surface area contributed by atoms with Crippen LogP contribution >= 0.6 is 0 Å². The van der Waals surface area contributed by atoms with Crippen molar-refractivity contribution in [3.63, 3.8) is 0 Å². The monoisotopic (exact) mass is 294 g/mol. The maximum Gasteiger partial charge on any atom is 0.265 e. The van der Waals surface area contributed by atoms with Gasteiger partial charge in [-0.3, -0.25) is 0 Å². The van der Waals surface area contributed by atoms with Crippen LogP contribution in [0.2, 0.25) is 0 Å². The number of hydrogen-bond acceptors (Lipinski definition) is 4. The molecular formula is C18H18N2O2. The third kappa shape index (κ3) is 3.11. The summed E-state index contributed by atoms with van der Waals surface area (Å²) in [6.45, 7) is 2.03. The summed E-state index contributed by atoms with van der Waals surface area (Å²) in [7, 11) is 3.86. The molecular weight excluding hydrogens is 276 g/mol. The van der Waals surface area contributed by atoms with E-state index in [2.05, 4.69) is 4.98 Å². The van der Waals surface area contributed by atoms with Gasteiger partial charge in [0.15, 0.2) is 5.58 Å². The molecule has 22 heavy (non-hydrogen) atoms. The number of benzene rings is 2. The van der Waals surface area contributed by atoms with Gasteiger partial charge < -0.3 is 14.1 Å². The van der Waals surface area contributed by atoms with E-state index in [1.54, 1.807) is 0 Å². The minimum atomic E-state index is 0.471. The number of rotatable bonds is 4. The van der Waals surface area contributed by atoms with Crippen LogP contribution in [0.25, 0.3) is 16.9 Å². The van der Waals surface area contributed by atoms with E-state index in [-0.39, 0.29) is 0 Å². The minimum Gasteiger partial charge on any atom is -0.450 e. The normalized spacial score (nSPS) is 11.7. The first-order valence-electron chi connectivity index (χ1n) is 7.10. The van der Waals surface area contributed by atoms with Crippen LogP contribution in [0.5, 0.6) is 5.75 Å². The van der Waals surface area contributed by atoms with E-state index in [9.17, 15) is 0 Å². The summed E-state index contributed by atoms with van der Waals surface area (Å²) in [4.78, 5) is 6.42. The molecule has 0 radical (unpaired) electrons. The zero-order valence-electron chi connectivity index (χ0n) is 12.9. The van der Waals surface area contributed by atoms with E-state index in [0.29, 0.717) is 11.6 Å². The number of nitrogens with zero attached hydrogens (tertiary/aromatic N) is 2. The van der Waals surface area contributed by atoms with Crippen molar-refractivity contribution < 1.29 is 9.15 Å². The Bertz CT molecular complexity index is 804. The van der Waals surface area contributed by atoms with Gasteiger partial charge in [-0.05, 0) is 36.8 Å². The van der Waals surface area contributed by atoms with Crippen molar-refractivity contribution in [3.05, 3.63) is 66.2 Å².